The summed E-state index contributed by atoms with van der Waals surface area (Å²) in [6.45, 7) is 0. The van der Waals surface area contributed by atoms with Crippen molar-refractivity contribution in [2.75, 3.05) is 0 Å². The third kappa shape index (κ3) is 2.71. The summed E-state index contributed by atoms with van der Waals surface area (Å²) in [7, 11) is 0. The predicted octanol–water partition coefficient (Wildman–Crippen LogP) is 7.33. The maximum atomic E-state index is 5.03. The van der Waals surface area contributed by atoms with Crippen LogP contribution < -0.4 is 0 Å². The fraction of sp³-hybridized carbons (Fsp3) is 0. The minimum absolute atomic E-state index is 0.914. The third-order valence-corrected chi connectivity index (χ3v) is 6.42. The zero-order valence-corrected chi connectivity index (χ0v) is 16.4. The summed E-state index contributed by atoms with van der Waals surface area (Å²) in [5.41, 5.74) is 5.85. The Bertz CT molecular complexity index is 1500. The molecule has 6 rings (SSSR count). The SMILES string of the molecule is c1ccc(-c2nc3ccccc3nc2-c2ccc3sc4ccccc4c3c2)cc1. The Balaban J connectivity index is 1.67. The highest BCUT2D eigenvalue weighted by Crippen LogP contribution is 2.38. The van der Waals surface area contributed by atoms with Crippen molar-refractivity contribution in [3.05, 3.63) is 97.1 Å². The molecule has 0 bridgehead atoms. The lowest BCUT2D eigenvalue weighted by atomic mass is 10.0. The number of thiophene rings is 1. The molecule has 0 saturated carbocycles. The fourth-order valence-corrected chi connectivity index (χ4v) is 4.96. The number of hydrogen-bond acceptors (Lipinski definition) is 3. The smallest absolute Gasteiger partial charge is 0.0973 e. The Morgan fingerprint density at radius 2 is 1.10 bits per heavy atom. The first-order valence-corrected chi connectivity index (χ1v) is 10.4. The van der Waals surface area contributed by atoms with Gasteiger partial charge in [0, 0.05) is 31.3 Å². The first-order valence-electron chi connectivity index (χ1n) is 9.61. The molecular weight excluding hydrogens is 372 g/mol. The number of aromatic nitrogens is 2. The van der Waals surface area contributed by atoms with Gasteiger partial charge >= 0.3 is 0 Å². The molecule has 0 N–H and O–H groups in total. The maximum Gasteiger partial charge on any atom is 0.0973 e. The van der Waals surface area contributed by atoms with Gasteiger partial charge < -0.3 is 0 Å². The van der Waals surface area contributed by atoms with Crippen LogP contribution in [0.4, 0.5) is 0 Å². The second-order valence-electron chi connectivity index (χ2n) is 7.08. The molecule has 29 heavy (non-hydrogen) atoms. The van der Waals surface area contributed by atoms with E-state index in [4.69, 9.17) is 9.97 Å². The summed E-state index contributed by atoms with van der Waals surface area (Å²) in [5, 5.41) is 2.57. The van der Waals surface area contributed by atoms with E-state index >= 15 is 0 Å². The van der Waals surface area contributed by atoms with E-state index in [1.807, 2.05) is 53.8 Å². The van der Waals surface area contributed by atoms with Crippen LogP contribution in [0, 0.1) is 0 Å². The number of fused-ring (bicyclic) bond motifs is 4. The average molecular weight is 388 g/mol. The standard InChI is InChI=1S/C26H16N2S/c1-2-8-17(9-3-1)25-26(28-22-12-6-5-11-21(22)27-25)18-14-15-24-20(16-18)19-10-4-7-13-23(19)29-24/h1-16H. The molecule has 0 atom stereocenters. The van der Waals surface area contributed by atoms with Crippen LogP contribution >= 0.6 is 11.3 Å². The van der Waals surface area contributed by atoms with Crippen molar-refractivity contribution < 1.29 is 0 Å². The van der Waals surface area contributed by atoms with E-state index in [0.29, 0.717) is 0 Å². The van der Waals surface area contributed by atoms with Crippen LogP contribution in [0.15, 0.2) is 97.1 Å². The van der Waals surface area contributed by atoms with E-state index in [2.05, 4.69) is 54.6 Å². The highest BCUT2D eigenvalue weighted by atomic mass is 32.1. The lowest BCUT2D eigenvalue weighted by Gasteiger charge is -2.11. The molecule has 0 aliphatic rings. The summed E-state index contributed by atoms with van der Waals surface area (Å²) in [6.07, 6.45) is 0. The van der Waals surface area contributed by atoms with Crippen molar-refractivity contribution in [1.82, 2.24) is 9.97 Å². The van der Waals surface area contributed by atoms with Gasteiger partial charge in [-0.3, -0.25) is 0 Å². The van der Waals surface area contributed by atoms with Crippen molar-refractivity contribution in [2.45, 2.75) is 0 Å². The molecule has 4 aromatic carbocycles. The van der Waals surface area contributed by atoms with Gasteiger partial charge in [-0.1, -0.05) is 66.7 Å². The molecule has 0 unspecified atom stereocenters. The molecule has 136 valence electrons. The summed E-state index contributed by atoms with van der Waals surface area (Å²) >= 11 is 1.83. The second kappa shape index (κ2) is 6.50. The lowest BCUT2D eigenvalue weighted by molar-refractivity contribution is 1.29. The minimum atomic E-state index is 0.914. The van der Waals surface area contributed by atoms with E-state index < -0.39 is 0 Å². The van der Waals surface area contributed by atoms with Gasteiger partial charge in [0.2, 0.25) is 0 Å². The molecule has 0 aliphatic carbocycles. The van der Waals surface area contributed by atoms with Gasteiger partial charge in [-0.2, -0.15) is 0 Å². The van der Waals surface area contributed by atoms with Crippen molar-refractivity contribution in [1.29, 1.82) is 0 Å². The predicted molar refractivity (Wildman–Crippen MR) is 123 cm³/mol. The fourth-order valence-electron chi connectivity index (χ4n) is 3.87. The number of rotatable bonds is 2. The van der Waals surface area contributed by atoms with E-state index in [1.165, 1.54) is 20.2 Å². The maximum absolute atomic E-state index is 5.03. The van der Waals surface area contributed by atoms with E-state index in [1.54, 1.807) is 0 Å². The number of benzene rings is 4. The van der Waals surface area contributed by atoms with Crippen LogP contribution in [0.3, 0.4) is 0 Å². The molecule has 2 heterocycles. The quantitative estimate of drug-likeness (QED) is 0.310. The molecule has 2 nitrogen and oxygen atoms in total. The molecule has 0 aliphatic heterocycles. The minimum Gasteiger partial charge on any atom is -0.244 e. The van der Waals surface area contributed by atoms with Crippen molar-refractivity contribution in [2.24, 2.45) is 0 Å². The Morgan fingerprint density at radius 1 is 0.483 bits per heavy atom. The monoisotopic (exact) mass is 388 g/mol. The lowest BCUT2D eigenvalue weighted by Crippen LogP contribution is -1.95. The van der Waals surface area contributed by atoms with Crippen molar-refractivity contribution in [3.8, 4) is 22.5 Å². The highest BCUT2D eigenvalue weighted by Gasteiger charge is 2.14. The first kappa shape index (κ1) is 16.4. The molecule has 0 saturated heterocycles. The number of nitrogens with zero attached hydrogens (tertiary/aromatic N) is 2. The molecule has 0 spiro atoms. The summed E-state index contributed by atoms with van der Waals surface area (Å²) in [5.74, 6) is 0. The van der Waals surface area contributed by atoms with Crippen LogP contribution in [0.25, 0.3) is 53.7 Å². The molecule has 6 aromatic rings. The van der Waals surface area contributed by atoms with Crippen LogP contribution in [0.5, 0.6) is 0 Å². The normalized spacial score (nSPS) is 11.4. The zero-order valence-electron chi connectivity index (χ0n) is 15.5. The van der Waals surface area contributed by atoms with Crippen LogP contribution in [-0.2, 0) is 0 Å². The van der Waals surface area contributed by atoms with Gasteiger partial charge in [0.05, 0.1) is 22.4 Å². The van der Waals surface area contributed by atoms with E-state index in [9.17, 15) is 0 Å². The largest absolute Gasteiger partial charge is 0.244 e. The van der Waals surface area contributed by atoms with Gasteiger partial charge in [-0.25, -0.2) is 9.97 Å². The van der Waals surface area contributed by atoms with E-state index in [-0.39, 0.29) is 0 Å². The molecule has 2 aromatic heterocycles. The zero-order chi connectivity index (χ0) is 19.2. The molecule has 0 amide bonds. The molecule has 3 heteroatoms. The summed E-state index contributed by atoms with van der Waals surface area (Å²) < 4.78 is 2.61. The number of para-hydroxylation sites is 2. The summed E-state index contributed by atoms with van der Waals surface area (Å²) in [6, 6.07) is 33.6. The van der Waals surface area contributed by atoms with Crippen LogP contribution in [0.1, 0.15) is 0 Å². The van der Waals surface area contributed by atoms with Gasteiger partial charge in [-0.15, -0.1) is 11.3 Å². The second-order valence-corrected chi connectivity index (χ2v) is 8.17. The molecule has 0 radical (unpaired) electrons. The Kier molecular flexibility index (Phi) is 3.68. The average Bonchev–Trinajstić information content (AvgIpc) is 3.17. The Hall–Kier alpha value is -3.56. The van der Waals surface area contributed by atoms with Gasteiger partial charge in [0.1, 0.15) is 0 Å². The number of hydrogen-bond donors (Lipinski definition) is 0. The molecule has 0 fully saturated rings. The van der Waals surface area contributed by atoms with Crippen LogP contribution in [-0.4, -0.2) is 9.97 Å². The Labute approximate surface area is 172 Å². The van der Waals surface area contributed by atoms with Gasteiger partial charge in [-0.05, 0) is 30.3 Å². The highest BCUT2D eigenvalue weighted by molar-refractivity contribution is 7.25. The summed E-state index contributed by atoms with van der Waals surface area (Å²) in [4.78, 5) is 10.0. The van der Waals surface area contributed by atoms with Gasteiger partial charge in [0.25, 0.3) is 0 Å². The van der Waals surface area contributed by atoms with Crippen molar-refractivity contribution >= 4 is 42.5 Å². The topological polar surface area (TPSA) is 25.8 Å². The van der Waals surface area contributed by atoms with Crippen molar-refractivity contribution in [3.63, 3.8) is 0 Å². The third-order valence-electron chi connectivity index (χ3n) is 5.27. The van der Waals surface area contributed by atoms with Crippen LogP contribution in [0.2, 0.25) is 0 Å². The first-order chi connectivity index (χ1) is 14.4. The van der Waals surface area contributed by atoms with E-state index in [0.717, 1.165) is 33.5 Å². The van der Waals surface area contributed by atoms with Gasteiger partial charge in [0.15, 0.2) is 0 Å². The molecular formula is C26H16N2S. The Morgan fingerprint density at radius 3 is 1.90 bits per heavy atom.